The van der Waals surface area contributed by atoms with Crippen molar-refractivity contribution in [3.05, 3.63) is 11.2 Å². The van der Waals surface area contributed by atoms with E-state index in [9.17, 15) is 13.2 Å². The third kappa shape index (κ3) is 4.28. The number of rotatable bonds is 3. The lowest BCUT2D eigenvalue weighted by Gasteiger charge is -2.33. The molecule has 1 saturated heterocycles. The fourth-order valence-corrected chi connectivity index (χ4v) is 3.00. The third-order valence-corrected chi connectivity index (χ3v) is 4.26. The number of carbonyl (C=O) groups excluding carboxylic acids is 1. The van der Waals surface area contributed by atoms with Gasteiger partial charge in [-0.3, -0.25) is 4.79 Å². The summed E-state index contributed by atoms with van der Waals surface area (Å²) in [6.07, 6.45) is 2.59. The SMILES string of the molecule is CC(=O)NC1CCN(c2cc(Cl)nc(S(C)(=O)=O)n2)CC1. The van der Waals surface area contributed by atoms with Gasteiger partial charge in [-0.25, -0.2) is 18.4 Å². The molecule has 0 aromatic carbocycles. The zero-order valence-electron chi connectivity index (χ0n) is 11.8. The highest BCUT2D eigenvalue weighted by Crippen LogP contribution is 2.22. The minimum absolute atomic E-state index is 0.0436. The molecule has 1 N–H and O–H groups in total. The molecule has 0 spiro atoms. The van der Waals surface area contributed by atoms with Gasteiger partial charge in [0, 0.05) is 38.4 Å². The second-order valence-electron chi connectivity index (χ2n) is 5.07. The summed E-state index contributed by atoms with van der Waals surface area (Å²) in [5, 5.41) is 2.71. The predicted octanol–water partition coefficient (Wildman–Crippen LogP) is 0.638. The molecule has 9 heteroatoms. The van der Waals surface area contributed by atoms with Crippen LogP contribution in [0.2, 0.25) is 5.15 Å². The van der Waals surface area contributed by atoms with Gasteiger partial charge >= 0.3 is 0 Å². The third-order valence-electron chi connectivity index (χ3n) is 3.22. The van der Waals surface area contributed by atoms with Crippen LogP contribution in [-0.2, 0) is 14.6 Å². The average Bonchev–Trinajstić information content (AvgIpc) is 2.37. The minimum Gasteiger partial charge on any atom is -0.356 e. The standard InChI is InChI=1S/C12H17ClN4O3S/c1-8(18)14-9-3-5-17(6-4-9)11-7-10(13)15-12(16-11)21(2,19)20/h7,9H,3-6H2,1-2H3,(H,14,18). The Morgan fingerprint density at radius 2 is 2.00 bits per heavy atom. The molecule has 1 aromatic rings. The Morgan fingerprint density at radius 3 is 2.52 bits per heavy atom. The molecular weight excluding hydrogens is 316 g/mol. The fraction of sp³-hybridized carbons (Fsp3) is 0.583. The van der Waals surface area contributed by atoms with Crippen LogP contribution in [0.15, 0.2) is 11.2 Å². The Labute approximate surface area is 128 Å². The summed E-state index contributed by atoms with van der Waals surface area (Å²) in [6.45, 7) is 2.83. The number of piperidine rings is 1. The van der Waals surface area contributed by atoms with Crippen LogP contribution in [0.4, 0.5) is 5.82 Å². The number of amides is 1. The number of hydrogen-bond donors (Lipinski definition) is 1. The highest BCUT2D eigenvalue weighted by Gasteiger charge is 2.22. The molecule has 116 valence electrons. The Hall–Kier alpha value is -1.41. The smallest absolute Gasteiger partial charge is 0.250 e. The van der Waals surface area contributed by atoms with Crippen LogP contribution in [0.25, 0.3) is 0 Å². The van der Waals surface area contributed by atoms with Gasteiger partial charge in [0.05, 0.1) is 0 Å². The number of nitrogens with zero attached hydrogens (tertiary/aromatic N) is 3. The van der Waals surface area contributed by atoms with E-state index in [-0.39, 0.29) is 22.3 Å². The molecule has 1 fully saturated rings. The first-order chi connectivity index (χ1) is 9.75. The number of halogens is 1. The normalized spacial score (nSPS) is 16.8. The molecule has 7 nitrogen and oxygen atoms in total. The number of hydrogen-bond acceptors (Lipinski definition) is 6. The maximum Gasteiger partial charge on any atom is 0.250 e. The first-order valence-electron chi connectivity index (χ1n) is 6.52. The monoisotopic (exact) mass is 332 g/mol. The molecule has 0 radical (unpaired) electrons. The lowest BCUT2D eigenvalue weighted by atomic mass is 10.1. The van der Waals surface area contributed by atoms with Crippen LogP contribution >= 0.6 is 11.6 Å². The number of sulfone groups is 1. The van der Waals surface area contributed by atoms with Crippen molar-refractivity contribution < 1.29 is 13.2 Å². The Morgan fingerprint density at radius 1 is 1.38 bits per heavy atom. The summed E-state index contributed by atoms with van der Waals surface area (Å²) < 4.78 is 23.1. The Balaban J connectivity index is 2.14. The molecule has 1 aliphatic heterocycles. The van der Waals surface area contributed by atoms with Gasteiger partial charge in [0.1, 0.15) is 11.0 Å². The van der Waals surface area contributed by atoms with Crippen molar-refractivity contribution in [1.29, 1.82) is 0 Å². The van der Waals surface area contributed by atoms with E-state index in [4.69, 9.17) is 11.6 Å². The summed E-state index contributed by atoms with van der Waals surface area (Å²) >= 11 is 5.87. The van der Waals surface area contributed by atoms with E-state index in [1.807, 2.05) is 4.90 Å². The van der Waals surface area contributed by atoms with E-state index >= 15 is 0 Å². The van der Waals surface area contributed by atoms with E-state index < -0.39 is 9.84 Å². The summed E-state index contributed by atoms with van der Waals surface area (Å²) in [5.74, 6) is 0.453. The van der Waals surface area contributed by atoms with Crippen LogP contribution in [-0.4, -0.2) is 49.7 Å². The molecule has 0 saturated carbocycles. The molecule has 21 heavy (non-hydrogen) atoms. The lowest BCUT2D eigenvalue weighted by molar-refractivity contribution is -0.119. The quantitative estimate of drug-likeness (QED) is 0.645. The highest BCUT2D eigenvalue weighted by molar-refractivity contribution is 7.90. The Bertz CT molecular complexity index is 642. The molecule has 0 aliphatic carbocycles. The summed E-state index contributed by atoms with van der Waals surface area (Å²) in [5.41, 5.74) is 0. The van der Waals surface area contributed by atoms with E-state index in [1.165, 1.54) is 6.92 Å². The van der Waals surface area contributed by atoms with Crippen molar-refractivity contribution in [1.82, 2.24) is 15.3 Å². The topological polar surface area (TPSA) is 92.3 Å². The summed E-state index contributed by atoms with van der Waals surface area (Å²) in [4.78, 5) is 20.8. The number of carbonyl (C=O) groups is 1. The maximum atomic E-state index is 11.5. The second kappa shape index (κ2) is 6.15. The molecule has 1 amide bonds. The lowest BCUT2D eigenvalue weighted by Crippen LogP contribution is -2.44. The number of anilines is 1. The van der Waals surface area contributed by atoms with Crippen molar-refractivity contribution >= 4 is 33.2 Å². The zero-order chi connectivity index (χ0) is 15.6. The first-order valence-corrected chi connectivity index (χ1v) is 8.79. The number of aromatic nitrogens is 2. The molecule has 0 bridgehead atoms. The van der Waals surface area contributed by atoms with E-state index in [2.05, 4.69) is 15.3 Å². The molecule has 2 rings (SSSR count). The van der Waals surface area contributed by atoms with Gasteiger partial charge < -0.3 is 10.2 Å². The second-order valence-corrected chi connectivity index (χ2v) is 7.36. The van der Waals surface area contributed by atoms with Gasteiger partial charge in [-0.15, -0.1) is 0 Å². The van der Waals surface area contributed by atoms with Gasteiger partial charge in [-0.2, -0.15) is 0 Å². The molecule has 0 atom stereocenters. The van der Waals surface area contributed by atoms with Crippen molar-refractivity contribution in [3.8, 4) is 0 Å². The minimum atomic E-state index is -3.50. The molecular formula is C12H17ClN4O3S. The maximum absolute atomic E-state index is 11.5. The Kier molecular flexibility index (Phi) is 4.67. The predicted molar refractivity (Wildman–Crippen MR) is 79.2 cm³/mol. The van der Waals surface area contributed by atoms with Crippen LogP contribution in [0.1, 0.15) is 19.8 Å². The van der Waals surface area contributed by atoms with Gasteiger partial charge in [0.2, 0.25) is 20.9 Å². The van der Waals surface area contributed by atoms with Crippen LogP contribution in [0.3, 0.4) is 0 Å². The first kappa shape index (κ1) is 16.0. The van der Waals surface area contributed by atoms with E-state index in [0.29, 0.717) is 18.9 Å². The van der Waals surface area contributed by atoms with E-state index in [0.717, 1.165) is 19.1 Å². The van der Waals surface area contributed by atoms with Crippen molar-refractivity contribution in [2.45, 2.75) is 31.0 Å². The zero-order valence-corrected chi connectivity index (χ0v) is 13.4. The highest BCUT2D eigenvalue weighted by atomic mass is 35.5. The fourth-order valence-electron chi connectivity index (χ4n) is 2.25. The molecule has 2 heterocycles. The van der Waals surface area contributed by atoms with Crippen LogP contribution in [0.5, 0.6) is 0 Å². The van der Waals surface area contributed by atoms with Gasteiger partial charge in [0.25, 0.3) is 0 Å². The van der Waals surface area contributed by atoms with Crippen LogP contribution < -0.4 is 10.2 Å². The van der Waals surface area contributed by atoms with Crippen molar-refractivity contribution in [2.75, 3.05) is 24.2 Å². The van der Waals surface area contributed by atoms with Crippen LogP contribution in [0, 0.1) is 0 Å². The summed E-state index contributed by atoms with van der Waals surface area (Å²) in [7, 11) is -3.50. The van der Waals surface area contributed by atoms with Gasteiger partial charge in [-0.05, 0) is 12.8 Å². The molecule has 1 aromatic heterocycles. The average molecular weight is 333 g/mol. The number of nitrogens with one attached hydrogen (secondary N) is 1. The van der Waals surface area contributed by atoms with Gasteiger partial charge in [-0.1, -0.05) is 11.6 Å². The molecule has 0 unspecified atom stereocenters. The van der Waals surface area contributed by atoms with Gasteiger partial charge in [0.15, 0.2) is 0 Å². The van der Waals surface area contributed by atoms with Crippen molar-refractivity contribution in [3.63, 3.8) is 0 Å². The summed E-state index contributed by atoms with van der Waals surface area (Å²) in [6, 6.07) is 1.69. The molecule has 1 aliphatic rings. The van der Waals surface area contributed by atoms with Crippen molar-refractivity contribution in [2.24, 2.45) is 0 Å². The van der Waals surface area contributed by atoms with E-state index in [1.54, 1.807) is 6.07 Å². The largest absolute Gasteiger partial charge is 0.356 e.